The minimum absolute atomic E-state index is 0.145. The normalized spacial score (nSPS) is 10.0. The molecule has 1 aromatic rings. The molecular formula is C11H13F. The summed E-state index contributed by atoms with van der Waals surface area (Å²) >= 11 is 0. The zero-order chi connectivity index (χ0) is 9.30. The molecule has 0 bridgehead atoms. The van der Waals surface area contributed by atoms with Crippen LogP contribution in [0.2, 0.25) is 0 Å². The molecule has 0 N–H and O–H groups in total. The van der Waals surface area contributed by atoms with Gasteiger partial charge in [-0.3, -0.25) is 0 Å². The maximum absolute atomic E-state index is 13.2. The molecule has 0 aromatic heterocycles. The summed E-state index contributed by atoms with van der Waals surface area (Å²) in [5.74, 6) is -0.145. The van der Waals surface area contributed by atoms with E-state index in [2.05, 4.69) is 6.58 Å². The van der Waals surface area contributed by atoms with Crippen LogP contribution in [0.4, 0.5) is 4.39 Å². The Balaban J connectivity index is 3.37. The van der Waals surface area contributed by atoms with E-state index in [4.69, 9.17) is 0 Å². The smallest absolute Gasteiger partial charge is 0.126 e. The topological polar surface area (TPSA) is 0 Å². The van der Waals surface area contributed by atoms with Gasteiger partial charge in [0.15, 0.2) is 0 Å². The fraction of sp³-hybridized carbons (Fsp3) is 0.273. The van der Waals surface area contributed by atoms with Crippen LogP contribution in [0.5, 0.6) is 0 Å². The van der Waals surface area contributed by atoms with E-state index in [1.165, 1.54) is 0 Å². The molecule has 0 fully saturated rings. The summed E-state index contributed by atoms with van der Waals surface area (Å²) in [7, 11) is 0. The van der Waals surface area contributed by atoms with Crippen molar-refractivity contribution in [3.63, 3.8) is 0 Å². The van der Waals surface area contributed by atoms with E-state index >= 15 is 0 Å². The number of hydrogen-bond donors (Lipinski definition) is 0. The predicted molar refractivity (Wildman–Crippen MR) is 50.6 cm³/mol. The van der Waals surface area contributed by atoms with Crippen molar-refractivity contribution in [3.8, 4) is 0 Å². The van der Waals surface area contributed by atoms with Gasteiger partial charge in [0.1, 0.15) is 5.82 Å². The Labute approximate surface area is 72.7 Å². The lowest BCUT2D eigenvalue weighted by atomic mass is 10.0. The second-order valence-electron chi connectivity index (χ2n) is 3.20. The van der Waals surface area contributed by atoms with E-state index in [9.17, 15) is 4.39 Å². The minimum atomic E-state index is -0.145. The fourth-order valence-electron chi connectivity index (χ4n) is 1.26. The van der Waals surface area contributed by atoms with Crippen LogP contribution >= 0.6 is 0 Å². The summed E-state index contributed by atoms with van der Waals surface area (Å²) in [5, 5.41) is 0. The first-order valence-corrected chi connectivity index (χ1v) is 3.95. The van der Waals surface area contributed by atoms with Crippen LogP contribution in [-0.2, 0) is 0 Å². The number of halogens is 1. The van der Waals surface area contributed by atoms with Gasteiger partial charge in [-0.25, -0.2) is 4.39 Å². The summed E-state index contributed by atoms with van der Waals surface area (Å²) < 4.78 is 13.2. The Hall–Kier alpha value is -1.11. The van der Waals surface area contributed by atoms with Crippen LogP contribution in [0.1, 0.15) is 23.6 Å². The first-order valence-electron chi connectivity index (χ1n) is 3.95. The lowest BCUT2D eigenvalue weighted by Crippen LogP contribution is -1.91. The molecule has 1 aromatic carbocycles. The molecule has 0 unspecified atom stereocenters. The van der Waals surface area contributed by atoms with Crippen molar-refractivity contribution in [2.45, 2.75) is 20.8 Å². The Morgan fingerprint density at radius 2 is 1.92 bits per heavy atom. The van der Waals surface area contributed by atoms with Gasteiger partial charge in [-0.05, 0) is 43.5 Å². The summed E-state index contributed by atoms with van der Waals surface area (Å²) in [5.41, 5.74) is 3.46. The van der Waals surface area contributed by atoms with E-state index in [1.807, 2.05) is 19.9 Å². The molecular weight excluding hydrogens is 151 g/mol. The zero-order valence-corrected chi connectivity index (χ0v) is 7.74. The van der Waals surface area contributed by atoms with Gasteiger partial charge in [0.25, 0.3) is 0 Å². The summed E-state index contributed by atoms with van der Waals surface area (Å²) in [6.45, 7) is 9.35. The highest BCUT2D eigenvalue weighted by Gasteiger charge is 2.04. The summed E-state index contributed by atoms with van der Waals surface area (Å²) in [4.78, 5) is 0. The highest BCUT2D eigenvalue weighted by Crippen LogP contribution is 2.20. The monoisotopic (exact) mass is 164 g/mol. The van der Waals surface area contributed by atoms with Gasteiger partial charge in [-0.2, -0.15) is 0 Å². The number of aryl methyl sites for hydroxylation is 1. The molecule has 0 spiro atoms. The largest absolute Gasteiger partial charge is 0.207 e. The van der Waals surface area contributed by atoms with E-state index < -0.39 is 0 Å². The van der Waals surface area contributed by atoms with E-state index in [0.29, 0.717) is 5.56 Å². The average molecular weight is 164 g/mol. The second kappa shape index (κ2) is 3.10. The number of benzene rings is 1. The molecule has 0 aliphatic carbocycles. The van der Waals surface area contributed by atoms with Crippen molar-refractivity contribution in [3.05, 3.63) is 41.2 Å². The van der Waals surface area contributed by atoms with Crippen molar-refractivity contribution < 1.29 is 4.39 Å². The molecule has 0 amide bonds. The van der Waals surface area contributed by atoms with Crippen LogP contribution in [-0.4, -0.2) is 0 Å². The van der Waals surface area contributed by atoms with E-state index in [1.54, 1.807) is 13.0 Å². The number of rotatable bonds is 1. The molecule has 0 aliphatic heterocycles. The van der Waals surface area contributed by atoms with Crippen molar-refractivity contribution in [1.82, 2.24) is 0 Å². The number of allylic oxidation sites excluding steroid dienone is 1. The molecule has 0 aliphatic rings. The SMILES string of the molecule is C=C(C)c1cc(C)cc(F)c1C. The maximum atomic E-state index is 13.2. The summed E-state index contributed by atoms with van der Waals surface area (Å²) in [6, 6.07) is 3.50. The summed E-state index contributed by atoms with van der Waals surface area (Å²) in [6.07, 6.45) is 0. The molecule has 0 saturated heterocycles. The van der Waals surface area contributed by atoms with Gasteiger partial charge in [0, 0.05) is 0 Å². The van der Waals surface area contributed by atoms with Crippen molar-refractivity contribution >= 4 is 5.57 Å². The third-order valence-corrected chi connectivity index (χ3v) is 1.95. The van der Waals surface area contributed by atoms with Crippen LogP contribution in [0.15, 0.2) is 18.7 Å². The molecule has 1 rings (SSSR count). The molecule has 0 saturated carbocycles. The lowest BCUT2D eigenvalue weighted by molar-refractivity contribution is 0.616. The maximum Gasteiger partial charge on any atom is 0.126 e. The van der Waals surface area contributed by atoms with Gasteiger partial charge < -0.3 is 0 Å². The first-order chi connectivity index (χ1) is 5.52. The second-order valence-corrected chi connectivity index (χ2v) is 3.20. The Morgan fingerprint density at radius 1 is 1.33 bits per heavy atom. The third kappa shape index (κ3) is 1.55. The van der Waals surface area contributed by atoms with Gasteiger partial charge in [0.05, 0.1) is 0 Å². The van der Waals surface area contributed by atoms with Gasteiger partial charge >= 0.3 is 0 Å². The van der Waals surface area contributed by atoms with Crippen LogP contribution < -0.4 is 0 Å². The van der Waals surface area contributed by atoms with Crippen LogP contribution in [0.3, 0.4) is 0 Å². The Bertz CT molecular complexity index is 324. The molecule has 12 heavy (non-hydrogen) atoms. The predicted octanol–water partition coefficient (Wildman–Crippen LogP) is 3.48. The molecule has 0 radical (unpaired) electrons. The molecule has 0 atom stereocenters. The van der Waals surface area contributed by atoms with Crippen LogP contribution in [0, 0.1) is 19.7 Å². The number of hydrogen-bond acceptors (Lipinski definition) is 0. The van der Waals surface area contributed by atoms with Gasteiger partial charge in [-0.1, -0.05) is 18.2 Å². The van der Waals surface area contributed by atoms with Crippen molar-refractivity contribution in [2.75, 3.05) is 0 Å². The molecule has 0 nitrogen and oxygen atoms in total. The van der Waals surface area contributed by atoms with E-state index in [-0.39, 0.29) is 5.82 Å². The van der Waals surface area contributed by atoms with E-state index in [0.717, 1.165) is 16.7 Å². The Morgan fingerprint density at radius 3 is 2.42 bits per heavy atom. The third-order valence-electron chi connectivity index (χ3n) is 1.95. The van der Waals surface area contributed by atoms with Crippen molar-refractivity contribution in [1.29, 1.82) is 0 Å². The van der Waals surface area contributed by atoms with Crippen LogP contribution in [0.25, 0.3) is 5.57 Å². The quantitative estimate of drug-likeness (QED) is 0.596. The molecule has 0 heterocycles. The fourth-order valence-corrected chi connectivity index (χ4v) is 1.26. The average Bonchev–Trinajstić information content (AvgIpc) is 1.96. The zero-order valence-electron chi connectivity index (χ0n) is 7.74. The standard InChI is InChI=1S/C11H13F/c1-7(2)10-5-8(3)6-11(12)9(10)4/h5-6H,1H2,2-4H3. The van der Waals surface area contributed by atoms with Crippen molar-refractivity contribution in [2.24, 2.45) is 0 Å². The Kier molecular flexibility index (Phi) is 2.32. The van der Waals surface area contributed by atoms with Gasteiger partial charge in [0.2, 0.25) is 0 Å². The highest BCUT2D eigenvalue weighted by atomic mass is 19.1. The first kappa shape index (κ1) is 8.98. The van der Waals surface area contributed by atoms with Gasteiger partial charge in [-0.15, -0.1) is 0 Å². The highest BCUT2D eigenvalue weighted by molar-refractivity contribution is 5.65. The lowest BCUT2D eigenvalue weighted by Gasteiger charge is -2.07. The molecule has 1 heteroatoms. The minimum Gasteiger partial charge on any atom is -0.207 e. The molecule has 64 valence electrons.